The Balaban J connectivity index is 4.22. The maximum Gasteiger partial charge on any atom is 0.0630 e. The molecule has 0 aliphatic heterocycles. The maximum absolute atomic E-state index is 5.26. The first kappa shape index (κ1) is 15.2. The molecule has 4 heteroatoms. The summed E-state index contributed by atoms with van der Waals surface area (Å²) in [6.07, 6.45) is 3.36. The maximum atomic E-state index is 5.26. The summed E-state index contributed by atoms with van der Waals surface area (Å²) >= 11 is 1.91. The molecule has 0 heterocycles. The molecule has 0 rings (SSSR count). The first-order valence-corrected chi connectivity index (χ1v) is 6.94. The molecule has 0 saturated carbocycles. The van der Waals surface area contributed by atoms with E-state index < -0.39 is 0 Å². The second-order valence-electron chi connectivity index (χ2n) is 3.85. The lowest BCUT2D eigenvalue weighted by Crippen LogP contribution is -2.48. The molecule has 0 saturated heterocycles. The highest BCUT2D eigenvalue weighted by molar-refractivity contribution is 7.98. The number of nitrogens with zero attached hydrogens (tertiary/aromatic N) is 1. The van der Waals surface area contributed by atoms with Gasteiger partial charge < -0.3 is 10.1 Å². The Morgan fingerprint density at radius 3 is 2.47 bits per heavy atom. The third-order valence-corrected chi connectivity index (χ3v) is 3.50. The van der Waals surface area contributed by atoms with Gasteiger partial charge in [-0.25, -0.2) is 0 Å². The van der Waals surface area contributed by atoms with E-state index in [2.05, 4.69) is 30.4 Å². The van der Waals surface area contributed by atoms with Crippen molar-refractivity contribution in [3.05, 3.63) is 0 Å². The predicted molar refractivity (Wildman–Crippen MR) is 69.8 cm³/mol. The van der Waals surface area contributed by atoms with Gasteiger partial charge in [-0.2, -0.15) is 11.8 Å². The first-order valence-electron chi connectivity index (χ1n) is 5.55. The lowest BCUT2D eigenvalue weighted by Gasteiger charge is -2.34. The lowest BCUT2D eigenvalue weighted by molar-refractivity contribution is 0.0850. The molecule has 0 aromatic rings. The van der Waals surface area contributed by atoms with Gasteiger partial charge in [0.05, 0.1) is 6.61 Å². The molecule has 0 aliphatic rings. The summed E-state index contributed by atoms with van der Waals surface area (Å²) in [6, 6.07) is 1.12. The molecule has 0 radical (unpaired) electrons. The van der Waals surface area contributed by atoms with E-state index in [0.29, 0.717) is 12.1 Å². The molecule has 2 unspecified atom stereocenters. The highest BCUT2D eigenvalue weighted by Crippen LogP contribution is 2.11. The van der Waals surface area contributed by atoms with Crippen LogP contribution in [0.3, 0.4) is 0 Å². The number of nitrogens with one attached hydrogen (secondary N) is 1. The molecule has 0 amide bonds. The summed E-state index contributed by atoms with van der Waals surface area (Å²) in [5, 5.41) is 3.23. The van der Waals surface area contributed by atoms with Gasteiger partial charge in [-0.05, 0) is 26.8 Å². The smallest absolute Gasteiger partial charge is 0.0630 e. The largest absolute Gasteiger partial charge is 0.383 e. The Hall–Kier alpha value is 0.230. The molecular formula is C11H26N2OS. The minimum absolute atomic E-state index is 0.470. The highest BCUT2D eigenvalue weighted by atomic mass is 32.2. The first-order chi connectivity index (χ1) is 7.21. The number of methoxy groups -OCH3 is 1. The van der Waals surface area contributed by atoms with Crippen LogP contribution in [-0.4, -0.2) is 63.3 Å². The van der Waals surface area contributed by atoms with Crippen LogP contribution >= 0.6 is 11.8 Å². The Kier molecular flexibility index (Phi) is 9.60. The van der Waals surface area contributed by atoms with E-state index in [4.69, 9.17) is 4.74 Å². The number of thioether (sulfide) groups is 1. The van der Waals surface area contributed by atoms with Gasteiger partial charge in [0.1, 0.15) is 0 Å². The summed E-state index contributed by atoms with van der Waals surface area (Å²) in [5.41, 5.74) is 0. The number of ether oxygens (including phenoxy) is 1. The third kappa shape index (κ3) is 5.76. The van der Waals surface area contributed by atoms with Crippen LogP contribution in [0, 0.1) is 0 Å². The predicted octanol–water partition coefficient (Wildman–Crippen LogP) is 1.29. The number of rotatable bonds is 9. The van der Waals surface area contributed by atoms with Gasteiger partial charge in [-0.3, -0.25) is 4.90 Å². The Morgan fingerprint density at radius 2 is 2.07 bits per heavy atom. The molecule has 92 valence electrons. The fraction of sp³-hybridized carbons (Fsp3) is 1.00. The van der Waals surface area contributed by atoms with Crippen LogP contribution < -0.4 is 5.32 Å². The molecule has 15 heavy (non-hydrogen) atoms. The zero-order valence-corrected chi connectivity index (χ0v) is 11.6. The van der Waals surface area contributed by atoms with Gasteiger partial charge in [-0.15, -0.1) is 0 Å². The average molecular weight is 234 g/mol. The Labute approximate surface area is 98.9 Å². The third-order valence-electron chi connectivity index (χ3n) is 2.78. The van der Waals surface area contributed by atoms with Crippen LogP contribution in [0.2, 0.25) is 0 Å². The molecule has 0 aliphatic carbocycles. The summed E-state index contributed by atoms with van der Waals surface area (Å²) < 4.78 is 5.26. The molecule has 0 aromatic heterocycles. The highest BCUT2D eigenvalue weighted by Gasteiger charge is 2.20. The van der Waals surface area contributed by atoms with Crippen molar-refractivity contribution in [2.45, 2.75) is 25.4 Å². The fourth-order valence-electron chi connectivity index (χ4n) is 1.76. The normalized spacial score (nSPS) is 15.6. The van der Waals surface area contributed by atoms with Gasteiger partial charge in [0.15, 0.2) is 0 Å². The minimum atomic E-state index is 0.470. The zero-order valence-electron chi connectivity index (χ0n) is 10.7. The van der Waals surface area contributed by atoms with Crippen molar-refractivity contribution in [3.8, 4) is 0 Å². The van der Waals surface area contributed by atoms with Crippen LogP contribution in [0.5, 0.6) is 0 Å². The van der Waals surface area contributed by atoms with Gasteiger partial charge in [0, 0.05) is 31.5 Å². The Morgan fingerprint density at radius 1 is 1.40 bits per heavy atom. The van der Waals surface area contributed by atoms with Crippen LogP contribution in [-0.2, 0) is 4.74 Å². The van der Waals surface area contributed by atoms with Crippen molar-refractivity contribution >= 4 is 11.8 Å². The number of likely N-dealkylation sites (N-methyl/N-ethyl adjacent to an activating group) is 2. The quantitative estimate of drug-likeness (QED) is 0.650. The van der Waals surface area contributed by atoms with Gasteiger partial charge in [-0.1, -0.05) is 6.92 Å². The molecule has 0 bridgehead atoms. The van der Waals surface area contributed by atoms with Crippen molar-refractivity contribution in [2.24, 2.45) is 0 Å². The molecule has 0 fully saturated rings. The standard InChI is InChI=1S/C11H26N2OS/c1-6-10(9-15-5)13(3)11(7-12-2)8-14-4/h10-12H,6-9H2,1-5H3. The van der Waals surface area contributed by atoms with E-state index in [-0.39, 0.29) is 0 Å². The van der Waals surface area contributed by atoms with Crippen LogP contribution in [0.4, 0.5) is 0 Å². The van der Waals surface area contributed by atoms with E-state index in [1.165, 1.54) is 12.2 Å². The number of hydrogen-bond acceptors (Lipinski definition) is 4. The van der Waals surface area contributed by atoms with Crippen LogP contribution in [0.15, 0.2) is 0 Å². The van der Waals surface area contributed by atoms with Crippen LogP contribution in [0.25, 0.3) is 0 Å². The minimum Gasteiger partial charge on any atom is -0.383 e. The molecular weight excluding hydrogens is 208 g/mol. The fourth-order valence-corrected chi connectivity index (χ4v) is 2.62. The number of hydrogen-bond donors (Lipinski definition) is 1. The molecule has 0 aromatic carbocycles. The lowest BCUT2D eigenvalue weighted by atomic mass is 10.1. The second kappa shape index (κ2) is 9.46. The van der Waals surface area contributed by atoms with Gasteiger partial charge >= 0.3 is 0 Å². The summed E-state index contributed by atoms with van der Waals surface area (Å²) in [5.74, 6) is 1.19. The van der Waals surface area contributed by atoms with Crippen molar-refractivity contribution < 1.29 is 4.74 Å². The van der Waals surface area contributed by atoms with Crippen molar-refractivity contribution in [3.63, 3.8) is 0 Å². The van der Waals surface area contributed by atoms with Gasteiger partial charge in [0.2, 0.25) is 0 Å². The average Bonchev–Trinajstić information content (AvgIpc) is 2.24. The Bertz CT molecular complexity index is 141. The zero-order chi connectivity index (χ0) is 11.7. The monoisotopic (exact) mass is 234 g/mol. The second-order valence-corrected chi connectivity index (χ2v) is 4.76. The van der Waals surface area contributed by atoms with E-state index >= 15 is 0 Å². The van der Waals surface area contributed by atoms with E-state index in [1.807, 2.05) is 18.8 Å². The van der Waals surface area contributed by atoms with Crippen molar-refractivity contribution in [1.29, 1.82) is 0 Å². The summed E-state index contributed by atoms with van der Waals surface area (Å²) in [6.45, 7) is 4.03. The van der Waals surface area contributed by atoms with Crippen molar-refractivity contribution in [2.75, 3.05) is 46.4 Å². The summed E-state index contributed by atoms with van der Waals surface area (Å²) in [4.78, 5) is 2.44. The van der Waals surface area contributed by atoms with Gasteiger partial charge in [0.25, 0.3) is 0 Å². The van der Waals surface area contributed by atoms with Crippen LogP contribution in [0.1, 0.15) is 13.3 Å². The van der Waals surface area contributed by atoms with E-state index in [0.717, 1.165) is 13.2 Å². The molecule has 3 nitrogen and oxygen atoms in total. The van der Waals surface area contributed by atoms with E-state index in [1.54, 1.807) is 7.11 Å². The molecule has 0 spiro atoms. The van der Waals surface area contributed by atoms with E-state index in [9.17, 15) is 0 Å². The topological polar surface area (TPSA) is 24.5 Å². The molecule has 2 atom stereocenters. The molecule has 1 N–H and O–H groups in total. The summed E-state index contributed by atoms with van der Waals surface area (Å²) in [7, 11) is 5.96. The van der Waals surface area contributed by atoms with Crippen molar-refractivity contribution in [1.82, 2.24) is 10.2 Å². The SMILES string of the molecule is CCC(CSC)N(C)C(CNC)COC.